The lowest BCUT2D eigenvalue weighted by Crippen LogP contribution is -2.08. The molecule has 0 fully saturated rings. The third kappa shape index (κ3) is 4.73. The van der Waals surface area contributed by atoms with Crippen molar-refractivity contribution in [3.63, 3.8) is 0 Å². The summed E-state index contributed by atoms with van der Waals surface area (Å²) in [4.78, 5) is 22.3. The van der Waals surface area contributed by atoms with Gasteiger partial charge in [0, 0.05) is 0 Å². The van der Waals surface area contributed by atoms with E-state index in [0.717, 1.165) is 5.56 Å². The number of carbonyl (C=O) groups excluding carboxylic acids is 2. The predicted octanol–water partition coefficient (Wildman–Crippen LogP) is 3.49. The highest BCUT2D eigenvalue weighted by atomic mass is 16.6. The Morgan fingerprint density at radius 2 is 1.72 bits per heavy atom. The van der Waals surface area contributed by atoms with Gasteiger partial charge in [0.05, 0.1) is 6.10 Å². The maximum atomic E-state index is 11.3. The SMILES string of the molecule is Cc1ccccc1OC(=O)/N=N/C(=O)OC(C)C. The molecule has 0 aliphatic carbocycles. The van der Waals surface area contributed by atoms with E-state index in [4.69, 9.17) is 4.74 Å². The maximum Gasteiger partial charge on any atom is 0.458 e. The molecule has 0 bridgehead atoms. The number of amides is 2. The van der Waals surface area contributed by atoms with E-state index < -0.39 is 12.2 Å². The van der Waals surface area contributed by atoms with Crippen molar-refractivity contribution in [2.24, 2.45) is 10.2 Å². The van der Waals surface area contributed by atoms with Crippen LogP contribution in [0.4, 0.5) is 9.59 Å². The summed E-state index contributed by atoms with van der Waals surface area (Å²) in [6.45, 7) is 5.12. The number of ether oxygens (including phenoxy) is 2. The lowest BCUT2D eigenvalue weighted by molar-refractivity contribution is 0.123. The first-order valence-corrected chi connectivity index (χ1v) is 5.39. The standard InChI is InChI=1S/C12H14N2O4/c1-8(2)17-11(15)13-14-12(16)18-10-7-5-4-6-9(10)3/h4-8H,1-3H3/b14-13+. The highest BCUT2D eigenvalue weighted by molar-refractivity contribution is 5.75. The van der Waals surface area contributed by atoms with E-state index in [1.165, 1.54) is 0 Å². The van der Waals surface area contributed by atoms with Crippen LogP contribution in [-0.4, -0.2) is 18.3 Å². The fourth-order valence-electron chi connectivity index (χ4n) is 1.09. The molecule has 0 unspecified atom stereocenters. The van der Waals surface area contributed by atoms with Crippen LogP contribution in [0.2, 0.25) is 0 Å². The molecule has 6 heteroatoms. The summed E-state index contributed by atoms with van der Waals surface area (Å²) in [6, 6.07) is 6.94. The zero-order valence-corrected chi connectivity index (χ0v) is 10.4. The molecule has 6 nitrogen and oxygen atoms in total. The van der Waals surface area contributed by atoms with E-state index in [2.05, 4.69) is 15.0 Å². The molecule has 2 amide bonds. The summed E-state index contributed by atoms with van der Waals surface area (Å²) >= 11 is 0. The first kappa shape index (κ1) is 13.8. The Morgan fingerprint density at radius 1 is 1.11 bits per heavy atom. The number of azo groups is 1. The van der Waals surface area contributed by atoms with Crippen LogP contribution in [0.25, 0.3) is 0 Å². The van der Waals surface area contributed by atoms with Crippen molar-refractivity contribution in [1.82, 2.24) is 0 Å². The van der Waals surface area contributed by atoms with Crippen molar-refractivity contribution < 1.29 is 19.1 Å². The van der Waals surface area contributed by atoms with Gasteiger partial charge in [-0.2, -0.15) is 0 Å². The topological polar surface area (TPSA) is 77.3 Å². The Hall–Kier alpha value is -2.24. The summed E-state index contributed by atoms with van der Waals surface area (Å²) < 4.78 is 9.56. The first-order chi connectivity index (χ1) is 8.49. The number of rotatable bonds is 2. The highest BCUT2D eigenvalue weighted by Gasteiger charge is 2.07. The normalized spacial score (nSPS) is 10.7. The van der Waals surface area contributed by atoms with Crippen molar-refractivity contribution in [2.75, 3.05) is 0 Å². The van der Waals surface area contributed by atoms with E-state index >= 15 is 0 Å². The minimum absolute atomic E-state index is 0.316. The second-order valence-corrected chi connectivity index (χ2v) is 3.77. The largest absolute Gasteiger partial charge is 0.458 e. The quantitative estimate of drug-likeness (QED) is 0.752. The Labute approximate surface area is 105 Å². The highest BCUT2D eigenvalue weighted by Crippen LogP contribution is 2.16. The van der Waals surface area contributed by atoms with Gasteiger partial charge in [0.2, 0.25) is 0 Å². The van der Waals surface area contributed by atoms with Crippen molar-refractivity contribution >= 4 is 12.2 Å². The van der Waals surface area contributed by atoms with Crippen LogP contribution in [0.1, 0.15) is 19.4 Å². The third-order valence-corrected chi connectivity index (χ3v) is 1.84. The average Bonchev–Trinajstić information content (AvgIpc) is 2.29. The lowest BCUT2D eigenvalue weighted by Gasteiger charge is -2.03. The molecule has 0 aromatic heterocycles. The smallest absolute Gasteiger partial charge is 0.444 e. The molecule has 0 N–H and O–H groups in total. The van der Waals surface area contributed by atoms with Crippen LogP contribution < -0.4 is 4.74 Å². The minimum Gasteiger partial charge on any atom is -0.444 e. The number of hydrogen-bond donors (Lipinski definition) is 0. The van der Waals surface area contributed by atoms with Gasteiger partial charge in [-0.25, -0.2) is 9.59 Å². The zero-order valence-electron chi connectivity index (χ0n) is 10.4. The summed E-state index contributed by atoms with van der Waals surface area (Å²) in [5.74, 6) is 0.374. The lowest BCUT2D eigenvalue weighted by atomic mass is 10.2. The summed E-state index contributed by atoms with van der Waals surface area (Å²) in [7, 11) is 0. The van der Waals surface area contributed by atoms with Crippen LogP contribution in [-0.2, 0) is 4.74 Å². The molecular weight excluding hydrogens is 236 g/mol. The predicted molar refractivity (Wildman–Crippen MR) is 63.7 cm³/mol. The van der Waals surface area contributed by atoms with Gasteiger partial charge in [0.15, 0.2) is 0 Å². The van der Waals surface area contributed by atoms with Crippen LogP contribution in [0, 0.1) is 6.92 Å². The molecule has 1 aromatic rings. The molecule has 1 aromatic carbocycles. The number of carbonyl (C=O) groups is 2. The van der Waals surface area contributed by atoms with E-state index in [-0.39, 0.29) is 6.10 Å². The van der Waals surface area contributed by atoms with Gasteiger partial charge < -0.3 is 9.47 Å². The monoisotopic (exact) mass is 250 g/mol. The molecule has 0 heterocycles. The van der Waals surface area contributed by atoms with Crippen molar-refractivity contribution in [3.05, 3.63) is 29.8 Å². The molecule has 96 valence electrons. The summed E-state index contributed by atoms with van der Waals surface area (Å²) in [5.41, 5.74) is 0.783. The number of aryl methyl sites for hydroxylation is 1. The molecule has 0 spiro atoms. The fourth-order valence-corrected chi connectivity index (χ4v) is 1.09. The second-order valence-electron chi connectivity index (χ2n) is 3.77. The summed E-state index contributed by atoms with van der Waals surface area (Å²) in [5, 5.41) is 6.18. The van der Waals surface area contributed by atoms with Crippen LogP contribution in [0.5, 0.6) is 5.75 Å². The fraction of sp³-hybridized carbons (Fsp3) is 0.333. The van der Waals surface area contributed by atoms with E-state index in [1.807, 2.05) is 6.07 Å². The third-order valence-electron chi connectivity index (χ3n) is 1.84. The zero-order chi connectivity index (χ0) is 13.5. The van der Waals surface area contributed by atoms with Crippen molar-refractivity contribution in [1.29, 1.82) is 0 Å². The Kier molecular flexibility index (Phi) is 4.98. The van der Waals surface area contributed by atoms with Gasteiger partial charge in [-0.05, 0) is 32.4 Å². The number of hydrogen-bond acceptors (Lipinski definition) is 4. The van der Waals surface area contributed by atoms with Gasteiger partial charge in [-0.3, -0.25) is 0 Å². The van der Waals surface area contributed by atoms with Crippen LogP contribution in [0.15, 0.2) is 34.5 Å². The maximum absolute atomic E-state index is 11.3. The van der Waals surface area contributed by atoms with Crippen molar-refractivity contribution in [3.8, 4) is 5.75 Å². The first-order valence-electron chi connectivity index (χ1n) is 5.39. The average molecular weight is 250 g/mol. The molecule has 0 radical (unpaired) electrons. The minimum atomic E-state index is -0.968. The van der Waals surface area contributed by atoms with Gasteiger partial charge in [-0.1, -0.05) is 28.4 Å². The van der Waals surface area contributed by atoms with E-state index in [1.54, 1.807) is 39.0 Å². The van der Waals surface area contributed by atoms with Gasteiger partial charge in [0.1, 0.15) is 5.75 Å². The Morgan fingerprint density at radius 3 is 2.33 bits per heavy atom. The van der Waals surface area contributed by atoms with Crippen molar-refractivity contribution in [2.45, 2.75) is 26.9 Å². The van der Waals surface area contributed by atoms with Gasteiger partial charge in [0.25, 0.3) is 0 Å². The number of para-hydroxylation sites is 1. The summed E-state index contributed by atoms with van der Waals surface area (Å²) in [6.07, 6.45) is -2.21. The van der Waals surface area contributed by atoms with Crippen LogP contribution >= 0.6 is 0 Å². The van der Waals surface area contributed by atoms with E-state index in [0.29, 0.717) is 5.75 Å². The Balaban J connectivity index is 2.55. The molecular formula is C12H14N2O4. The molecule has 0 saturated heterocycles. The molecule has 1 rings (SSSR count). The molecule has 0 saturated carbocycles. The molecule has 0 aliphatic heterocycles. The molecule has 18 heavy (non-hydrogen) atoms. The number of nitrogens with zero attached hydrogens (tertiary/aromatic N) is 2. The Bertz CT molecular complexity index is 469. The molecule has 0 atom stereocenters. The van der Waals surface area contributed by atoms with Gasteiger partial charge in [-0.15, -0.1) is 0 Å². The molecule has 0 aliphatic rings. The van der Waals surface area contributed by atoms with Gasteiger partial charge >= 0.3 is 12.2 Å². The second kappa shape index (κ2) is 6.48. The van der Waals surface area contributed by atoms with Crippen LogP contribution in [0.3, 0.4) is 0 Å². The van der Waals surface area contributed by atoms with E-state index in [9.17, 15) is 9.59 Å². The number of benzene rings is 1.